The van der Waals surface area contributed by atoms with Crippen molar-refractivity contribution in [2.75, 3.05) is 6.61 Å². The fraction of sp³-hybridized carbons (Fsp3) is 0.250. The van der Waals surface area contributed by atoms with Gasteiger partial charge in [0.25, 0.3) is 0 Å². The van der Waals surface area contributed by atoms with E-state index in [2.05, 4.69) is 39.9 Å². The van der Waals surface area contributed by atoms with Crippen molar-refractivity contribution < 1.29 is 9.84 Å². The molecule has 3 aromatic rings. The van der Waals surface area contributed by atoms with E-state index in [1.54, 1.807) is 0 Å². The Bertz CT molecular complexity index is 916. The maximum Gasteiger partial charge on any atom is 0.122 e. The number of rotatable bonds is 3. The van der Waals surface area contributed by atoms with Gasteiger partial charge in [0.1, 0.15) is 5.75 Å². The SMILES string of the molecule is O[C@H](C[C@H]1c2ccccc2-c2cncn21)c1ccc2c(c1)CCO2. The van der Waals surface area contributed by atoms with Gasteiger partial charge in [-0.05, 0) is 28.8 Å². The van der Waals surface area contributed by atoms with Gasteiger partial charge in [-0.15, -0.1) is 0 Å². The molecular formula is C20H18N2O2. The molecule has 0 spiro atoms. The molecule has 4 heteroatoms. The van der Waals surface area contributed by atoms with Crippen LogP contribution in [0.1, 0.15) is 35.3 Å². The quantitative estimate of drug-likeness (QED) is 0.804. The smallest absolute Gasteiger partial charge is 0.122 e. The van der Waals surface area contributed by atoms with Gasteiger partial charge in [0, 0.05) is 18.4 Å². The van der Waals surface area contributed by atoms with E-state index in [9.17, 15) is 5.11 Å². The molecule has 3 heterocycles. The average Bonchev–Trinajstić information content (AvgIpc) is 3.31. The van der Waals surface area contributed by atoms with Gasteiger partial charge in [-0.25, -0.2) is 4.98 Å². The highest BCUT2D eigenvalue weighted by Gasteiger charge is 2.30. The molecule has 0 amide bonds. The zero-order valence-electron chi connectivity index (χ0n) is 13.2. The van der Waals surface area contributed by atoms with E-state index in [1.165, 1.54) is 16.7 Å². The van der Waals surface area contributed by atoms with Crippen LogP contribution in [0.4, 0.5) is 0 Å². The highest BCUT2D eigenvalue weighted by Crippen LogP contribution is 2.43. The number of fused-ring (bicyclic) bond motifs is 4. The summed E-state index contributed by atoms with van der Waals surface area (Å²) in [7, 11) is 0. The zero-order valence-corrected chi connectivity index (χ0v) is 13.2. The first kappa shape index (κ1) is 13.8. The standard InChI is InChI=1S/C20H18N2O2/c23-19(13-5-6-20-14(9-13)7-8-24-20)10-17-15-3-1-2-4-16(15)18-11-21-12-22(17)18/h1-6,9,11-12,17,19,23H,7-8,10H2/t17-,19+/m0/s1. The van der Waals surface area contributed by atoms with Gasteiger partial charge in [-0.3, -0.25) is 0 Å². The number of aromatic nitrogens is 2. The average molecular weight is 318 g/mol. The summed E-state index contributed by atoms with van der Waals surface area (Å²) in [6.07, 6.45) is 4.82. The van der Waals surface area contributed by atoms with Crippen LogP contribution in [0, 0.1) is 0 Å². The van der Waals surface area contributed by atoms with Crippen LogP contribution in [0.2, 0.25) is 0 Å². The van der Waals surface area contributed by atoms with Crippen LogP contribution in [0.5, 0.6) is 5.75 Å². The lowest BCUT2D eigenvalue weighted by Gasteiger charge is -2.19. The van der Waals surface area contributed by atoms with E-state index in [0.29, 0.717) is 6.42 Å². The summed E-state index contributed by atoms with van der Waals surface area (Å²) >= 11 is 0. The fourth-order valence-electron chi connectivity index (χ4n) is 3.93. The van der Waals surface area contributed by atoms with Gasteiger partial charge in [0.05, 0.1) is 37.0 Å². The van der Waals surface area contributed by atoms with E-state index in [0.717, 1.165) is 30.0 Å². The first-order valence-corrected chi connectivity index (χ1v) is 8.36. The van der Waals surface area contributed by atoms with Gasteiger partial charge >= 0.3 is 0 Å². The minimum absolute atomic E-state index is 0.123. The van der Waals surface area contributed by atoms with Crippen LogP contribution in [0.25, 0.3) is 11.3 Å². The molecule has 0 unspecified atom stereocenters. The van der Waals surface area contributed by atoms with Crippen LogP contribution in [-0.4, -0.2) is 21.3 Å². The predicted molar refractivity (Wildman–Crippen MR) is 91.0 cm³/mol. The Hall–Kier alpha value is -2.59. The van der Waals surface area contributed by atoms with Gasteiger partial charge < -0.3 is 14.4 Å². The molecule has 120 valence electrons. The van der Waals surface area contributed by atoms with E-state index in [1.807, 2.05) is 24.7 Å². The Morgan fingerprint density at radius 1 is 1.25 bits per heavy atom. The third kappa shape index (κ3) is 2.00. The maximum atomic E-state index is 10.8. The fourth-order valence-corrected chi connectivity index (χ4v) is 3.93. The number of imidazole rings is 1. The molecule has 24 heavy (non-hydrogen) atoms. The first-order chi connectivity index (χ1) is 11.8. The second-order valence-electron chi connectivity index (χ2n) is 6.51. The van der Waals surface area contributed by atoms with E-state index < -0.39 is 6.10 Å². The van der Waals surface area contributed by atoms with Crippen LogP contribution >= 0.6 is 0 Å². The number of nitrogens with zero attached hydrogens (tertiary/aromatic N) is 2. The van der Waals surface area contributed by atoms with Gasteiger partial charge in [-0.1, -0.05) is 30.3 Å². The minimum atomic E-state index is -0.512. The summed E-state index contributed by atoms with van der Waals surface area (Å²) in [5, 5.41) is 10.8. The van der Waals surface area contributed by atoms with Gasteiger partial charge in [0.15, 0.2) is 0 Å². The number of benzene rings is 2. The molecule has 5 rings (SSSR count). The summed E-state index contributed by atoms with van der Waals surface area (Å²) in [5.41, 5.74) is 5.77. The molecule has 1 N–H and O–H groups in total. The second kappa shape index (κ2) is 5.21. The summed E-state index contributed by atoms with van der Waals surface area (Å²) < 4.78 is 7.73. The molecule has 2 aliphatic rings. The van der Waals surface area contributed by atoms with Gasteiger partial charge in [0.2, 0.25) is 0 Å². The van der Waals surface area contributed by atoms with Crippen molar-refractivity contribution in [3.05, 3.63) is 71.7 Å². The van der Waals surface area contributed by atoms with Crippen LogP contribution < -0.4 is 4.74 Å². The molecule has 0 radical (unpaired) electrons. The number of aliphatic hydroxyl groups excluding tert-OH is 1. The van der Waals surface area contributed by atoms with Crippen molar-refractivity contribution in [3.63, 3.8) is 0 Å². The van der Waals surface area contributed by atoms with Crippen molar-refractivity contribution >= 4 is 0 Å². The summed E-state index contributed by atoms with van der Waals surface area (Å²) in [5.74, 6) is 0.953. The monoisotopic (exact) mass is 318 g/mol. The first-order valence-electron chi connectivity index (χ1n) is 8.36. The third-order valence-electron chi connectivity index (χ3n) is 5.14. The van der Waals surface area contributed by atoms with Crippen molar-refractivity contribution in [3.8, 4) is 17.0 Å². The molecule has 1 aromatic heterocycles. The molecule has 0 fully saturated rings. The van der Waals surface area contributed by atoms with Crippen LogP contribution in [-0.2, 0) is 6.42 Å². The largest absolute Gasteiger partial charge is 0.493 e. The van der Waals surface area contributed by atoms with E-state index in [4.69, 9.17) is 4.74 Å². The van der Waals surface area contributed by atoms with Crippen LogP contribution in [0.15, 0.2) is 55.0 Å². The molecule has 2 aliphatic heterocycles. The Balaban J connectivity index is 1.48. The van der Waals surface area contributed by atoms with Gasteiger partial charge in [-0.2, -0.15) is 0 Å². The maximum absolute atomic E-state index is 10.8. The molecule has 2 atom stereocenters. The lowest BCUT2D eigenvalue weighted by atomic mass is 9.95. The topological polar surface area (TPSA) is 47.3 Å². The third-order valence-corrected chi connectivity index (χ3v) is 5.14. The molecular weight excluding hydrogens is 300 g/mol. The second-order valence-corrected chi connectivity index (χ2v) is 6.51. The number of hydrogen-bond acceptors (Lipinski definition) is 3. The molecule has 0 saturated heterocycles. The van der Waals surface area contributed by atoms with E-state index in [-0.39, 0.29) is 6.04 Å². The van der Waals surface area contributed by atoms with Crippen molar-refractivity contribution in [2.24, 2.45) is 0 Å². The normalized spacial score (nSPS) is 18.6. The molecule has 0 bridgehead atoms. The molecule has 0 saturated carbocycles. The Kier molecular flexibility index (Phi) is 3.00. The Morgan fingerprint density at radius 3 is 3.12 bits per heavy atom. The van der Waals surface area contributed by atoms with Crippen molar-refractivity contribution in [1.29, 1.82) is 0 Å². The summed E-state index contributed by atoms with van der Waals surface area (Å²) in [6.45, 7) is 0.739. The zero-order chi connectivity index (χ0) is 16.1. The molecule has 2 aromatic carbocycles. The number of aliphatic hydroxyl groups is 1. The van der Waals surface area contributed by atoms with E-state index >= 15 is 0 Å². The van der Waals surface area contributed by atoms with Crippen molar-refractivity contribution in [2.45, 2.75) is 25.0 Å². The molecule has 0 aliphatic carbocycles. The highest BCUT2D eigenvalue weighted by atomic mass is 16.5. The molecule has 4 nitrogen and oxygen atoms in total. The Labute approximate surface area is 140 Å². The number of hydrogen-bond donors (Lipinski definition) is 1. The summed E-state index contributed by atoms with van der Waals surface area (Å²) in [6, 6.07) is 14.6. The lowest BCUT2D eigenvalue weighted by molar-refractivity contribution is 0.153. The lowest BCUT2D eigenvalue weighted by Crippen LogP contribution is -2.10. The minimum Gasteiger partial charge on any atom is -0.493 e. The highest BCUT2D eigenvalue weighted by molar-refractivity contribution is 5.68. The number of ether oxygens (including phenoxy) is 1. The van der Waals surface area contributed by atoms with Crippen LogP contribution in [0.3, 0.4) is 0 Å². The van der Waals surface area contributed by atoms with Crippen molar-refractivity contribution in [1.82, 2.24) is 9.55 Å². The Morgan fingerprint density at radius 2 is 2.17 bits per heavy atom. The summed E-state index contributed by atoms with van der Waals surface area (Å²) in [4.78, 5) is 4.28. The predicted octanol–water partition coefficient (Wildman–Crippen LogP) is 3.51.